The number of nitrogens with zero attached hydrogens (tertiary/aromatic N) is 4. The van der Waals surface area contributed by atoms with Crippen molar-refractivity contribution in [2.24, 2.45) is 0 Å². The fourth-order valence-corrected chi connectivity index (χ4v) is 2.51. The molecule has 0 aliphatic carbocycles. The first-order valence-electron chi connectivity index (χ1n) is 7.84. The molecule has 0 radical (unpaired) electrons. The largest absolute Gasteiger partial charge is 0.459 e. The minimum atomic E-state index is 0.374. The Morgan fingerprint density at radius 1 is 0.960 bits per heavy atom. The first kappa shape index (κ1) is 15.3. The summed E-state index contributed by atoms with van der Waals surface area (Å²) < 4.78 is 15.9. The van der Waals surface area contributed by atoms with Gasteiger partial charge in [0.25, 0.3) is 5.89 Å². The number of rotatable bonds is 6. The van der Waals surface area contributed by atoms with E-state index in [-0.39, 0.29) is 0 Å². The Bertz CT molecular complexity index is 928. The molecule has 0 saturated heterocycles. The van der Waals surface area contributed by atoms with Gasteiger partial charge >= 0.3 is 0 Å². The van der Waals surface area contributed by atoms with Gasteiger partial charge in [-0.2, -0.15) is 4.98 Å². The van der Waals surface area contributed by atoms with Crippen LogP contribution in [0.2, 0.25) is 0 Å². The summed E-state index contributed by atoms with van der Waals surface area (Å²) in [6, 6.07) is 15.4. The molecule has 7 heteroatoms. The Hall–Kier alpha value is -3.19. The molecule has 25 heavy (non-hydrogen) atoms. The Kier molecular flexibility index (Phi) is 4.14. The Morgan fingerprint density at radius 3 is 2.64 bits per heavy atom. The molecule has 4 rings (SSSR count). The topological polar surface area (TPSA) is 81.3 Å². The van der Waals surface area contributed by atoms with Gasteiger partial charge in [-0.1, -0.05) is 40.6 Å². The van der Waals surface area contributed by atoms with Gasteiger partial charge in [-0.25, -0.2) is 0 Å². The van der Waals surface area contributed by atoms with Crippen molar-refractivity contribution in [3.63, 3.8) is 0 Å². The minimum Gasteiger partial charge on any atom is -0.459 e. The predicted octanol–water partition coefficient (Wildman–Crippen LogP) is 3.62. The van der Waals surface area contributed by atoms with E-state index in [1.165, 1.54) is 0 Å². The first-order chi connectivity index (χ1) is 12.3. The summed E-state index contributed by atoms with van der Waals surface area (Å²) >= 11 is 0. The molecule has 7 nitrogen and oxygen atoms in total. The summed E-state index contributed by atoms with van der Waals surface area (Å²) in [7, 11) is 1.95. The zero-order valence-electron chi connectivity index (χ0n) is 13.6. The third-order valence-electron chi connectivity index (χ3n) is 3.67. The third-order valence-corrected chi connectivity index (χ3v) is 3.67. The molecular weight excluding hydrogens is 320 g/mol. The number of benzene rings is 1. The predicted molar refractivity (Wildman–Crippen MR) is 89.1 cm³/mol. The lowest BCUT2D eigenvalue weighted by Gasteiger charge is -2.11. The maximum absolute atomic E-state index is 5.42. The minimum absolute atomic E-state index is 0.374. The van der Waals surface area contributed by atoms with Crippen LogP contribution in [0.4, 0.5) is 0 Å². The smallest absolute Gasteiger partial charge is 0.293 e. The van der Waals surface area contributed by atoms with Crippen LogP contribution in [-0.2, 0) is 13.1 Å². The Morgan fingerprint density at radius 2 is 1.84 bits per heavy atom. The average molecular weight is 336 g/mol. The van der Waals surface area contributed by atoms with Crippen LogP contribution in [0.15, 0.2) is 68.3 Å². The molecule has 0 unspecified atom stereocenters. The molecule has 0 aliphatic heterocycles. The fraction of sp³-hybridized carbons (Fsp3) is 0.167. The second kappa shape index (κ2) is 6.74. The molecular formula is C18H16N4O3. The Labute approximate surface area is 143 Å². The van der Waals surface area contributed by atoms with Crippen molar-refractivity contribution in [3.8, 4) is 22.9 Å². The second-order valence-corrected chi connectivity index (χ2v) is 5.71. The van der Waals surface area contributed by atoms with Crippen LogP contribution in [0.25, 0.3) is 22.9 Å². The summed E-state index contributed by atoms with van der Waals surface area (Å²) in [4.78, 5) is 6.35. The molecule has 4 aromatic rings. The van der Waals surface area contributed by atoms with Gasteiger partial charge < -0.3 is 13.5 Å². The van der Waals surface area contributed by atoms with Crippen LogP contribution in [-0.4, -0.2) is 27.2 Å². The number of hydrogen-bond donors (Lipinski definition) is 0. The quantitative estimate of drug-likeness (QED) is 0.532. The molecule has 3 aromatic heterocycles. The molecule has 126 valence electrons. The van der Waals surface area contributed by atoms with Gasteiger partial charge in [-0.05, 0) is 19.2 Å². The molecule has 0 saturated carbocycles. The SMILES string of the molecule is CN(Cc1noc(-c2ccco2)n1)Cc1cc(-c2ccccc2)no1. The van der Waals surface area contributed by atoms with Crippen molar-refractivity contribution in [1.82, 2.24) is 20.2 Å². The van der Waals surface area contributed by atoms with Gasteiger partial charge in [0.2, 0.25) is 0 Å². The van der Waals surface area contributed by atoms with Crippen LogP contribution in [0, 0.1) is 0 Å². The van der Waals surface area contributed by atoms with Crippen molar-refractivity contribution in [1.29, 1.82) is 0 Å². The zero-order chi connectivity index (χ0) is 17.1. The van der Waals surface area contributed by atoms with Crippen LogP contribution >= 0.6 is 0 Å². The van der Waals surface area contributed by atoms with E-state index in [9.17, 15) is 0 Å². The normalized spacial score (nSPS) is 11.3. The van der Waals surface area contributed by atoms with Gasteiger partial charge in [0.05, 0.1) is 19.4 Å². The highest BCUT2D eigenvalue weighted by atomic mass is 16.5. The van der Waals surface area contributed by atoms with E-state index in [0.29, 0.717) is 30.6 Å². The number of aromatic nitrogens is 3. The average Bonchev–Trinajstić information content (AvgIpc) is 3.37. The molecule has 0 aliphatic rings. The lowest BCUT2D eigenvalue weighted by molar-refractivity contribution is 0.258. The van der Waals surface area contributed by atoms with E-state index in [4.69, 9.17) is 13.5 Å². The van der Waals surface area contributed by atoms with Gasteiger partial charge in [-0.15, -0.1) is 0 Å². The van der Waals surface area contributed by atoms with Crippen LogP contribution < -0.4 is 0 Å². The summed E-state index contributed by atoms with van der Waals surface area (Å²) in [5.41, 5.74) is 1.85. The van der Waals surface area contributed by atoms with E-state index >= 15 is 0 Å². The van der Waals surface area contributed by atoms with E-state index in [0.717, 1.165) is 17.0 Å². The second-order valence-electron chi connectivity index (χ2n) is 5.71. The highest BCUT2D eigenvalue weighted by Gasteiger charge is 2.14. The standard InChI is InChI=1S/C18H16N4O3/c1-22(12-17-19-18(25-21-17)16-8-5-9-23-16)11-14-10-15(20-24-14)13-6-3-2-4-7-13/h2-10H,11-12H2,1H3. The summed E-state index contributed by atoms with van der Waals surface area (Å²) in [5.74, 6) is 2.29. The van der Waals surface area contributed by atoms with Crippen molar-refractivity contribution < 1.29 is 13.5 Å². The molecule has 3 heterocycles. The maximum atomic E-state index is 5.42. The van der Waals surface area contributed by atoms with Crippen molar-refractivity contribution in [2.45, 2.75) is 13.1 Å². The number of hydrogen-bond acceptors (Lipinski definition) is 7. The van der Waals surface area contributed by atoms with E-state index in [2.05, 4.69) is 15.3 Å². The lowest BCUT2D eigenvalue weighted by Crippen LogP contribution is -2.17. The molecule has 0 amide bonds. The van der Waals surface area contributed by atoms with Crippen molar-refractivity contribution in [2.75, 3.05) is 7.05 Å². The van der Waals surface area contributed by atoms with E-state index in [1.807, 2.05) is 48.3 Å². The van der Waals surface area contributed by atoms with Gasteiger partial charge in [0, 0.05) is 11.6 Å². The molecule has 0 spiro atoms. The van der Waals surface area contributed by atoms with Crippen LogP contribution in [0.3, 0.4) is 0 Å². The van der Waals surface area contributed by atoms with Gasteiger partial charge in [-0.3, -0.25) is 4.90 Å². The molecule has 1 aromatic carbocycles. The molecule has 0 N–H and O–H groups in total. The van der Waals surface area contributed by atoms with Crippen molar-refractivity contribution >= 4 is 0 Å². The van der Waals surface area contributed by atoms with E-state index in [1.54, 1.807) is 18.4 Å². The van der Waals surface area contributed by atoms with Crippen LogP contribution in [0.5, 0.6) is 0 Å². The van der Waals surface area contributed by atoms with Gasteiger partial charge in [0.1, 0.15) is 5.69 Å². The zero-order valence-corrected chi connectivity index (χ0v) is 13.6. The highest BCUT2D eigenvalue weighted by molar-refractivity contribution is 5.58. The maximum Gasteiger partial charge on any atom is 0.293 e. The molecule has 0 atom stereocenters. The fourth-order valence-electron chi connectivity index (χ4n) is 2.51. The highest BCUT2D eigenvalue weighted by Crippen LogP contribution is 2.20. The molecule has 0 fully saturated rings. The third kappa shape index (κ3) is 3.51. The van der Waals surface area contributed by atoms with Crippen molar-refractivity contribution in [3.05, 3.63) is 66.4 Å². The lowest BCUT2D eigenvalue weighted by atomic mass is 10.1. The van der Waals surface area contributed by atoms with Crippen LogP contribution in [0.1, 0.15) is 11.6 Å². The Balaban J connectivity index is 1.39. The van der Waals surface area contributed by atoms with Gasteiger partial charge in [0.15, 0.2) is 17.3 Å². The molecule has 0 bridgehead atoms. The monoisotopic (exact) mass is 336 g/mol. The first-order valence-corrected chi connectivity index (χ1v) is 7.84. The summed E-state index contributed by atoms with van der Waals surface area (Å²) in [6.07, 6.45) is 1.57. The number of furan rings is 1. The summed E-state index contributed by atoms with van der Waals surface area (Å²) in [5, 5.41) is 8.09. The summed E-state index contributed by atoms with van der Waals surface area (Å²) in [6.45, 7) is 1.11. The van der Waals surface area contributed by atoms with E-state index < -0.39 is 0 Å².